The molecule has 0 radical (unpaired) electrons. The van der Waals surface area contributed by atoms with E-state index in [0.717, 1.165) is 0 Å². The first kappa shape index (κ1) is 14.5. The summed E-state index contributed by atoms with van der Waals surface area (Å²) in [6, 6.07) is 9.02. The van der Waals surface area contributed by atoms with Crippen molar-refractivity contribution in [1.29, 1.82) is 0 Å². The maximum atomic E-state index is 6.04. The third kappa shape index (κ3) is 4.03. The number of hydrogen-bond donors (Lipinski definition) is 1. The molecule has 2 rings (SSSR count). The molecule has 1 aromatic rings. The lowest BCUT2D eigenvalue weighted by atomic mass is 10.0. The van der Waals surface area contributed by atoms with E-state index in [0.29, 0.717) is 19.2 Å². The molecule has 1 aliphatic rings. The highest BCUT2D eigenvalue weighted by Gasteiger charge is 2.20. The molecule has 106 valence electrons. The van der Waals surface area contributed by atoms with Crippen molar-refractivity contribution in [3.05, 3.63) is 35.4 Å². The smallest absolute Gasteiger partial charge is 0.0713 e. The van der Waals surface area contributed by atoms with Gasteiger partial charge in [0.05, 0.1) is 6.61 Å². The summed E-state index contributed by atoms with van der Waals surface area (Å²) in [6.45, 7) is 3.72. The van der Waals surface area contributed by atoms with Gasteiger partial charge in [-0.15, -0.1) is 0 Å². The van der Waals surface area contributed by atoms with Crippen LogP contribution in [0.25, 0.3) is 0 Å². The number of nitrogens with two attached hydrogens (primary N) is 1. The summed E-state index contributed by atoms with van der Waals surface area (Å²) >= 11 is 0. The largest absolute Gasteiger partial charge is 0.380 e. The highest BCUT2D eigenvalue weighted by atomic mass is 16.5. The molecule has 1 aliphatic heterocycles. The molecule has 2 N–H and O–H groups in total. The van der Waals surface area contributed by atoms with Crippen LogP contribution >= 0.6 is 0 Å². The molecule has 0 aromatic heterocycles. The van der Waals surface area contributed by atoms with Gasteiger partial charge in [0.15, 0.2) is 0 Å². The Morgan fingerprint density at radius 3 is 2.58 bits per heavy atom. The normalized spacial score (nSPS) is 19.1. The van der Waals surface area contributed by atoms with Crippen LogP contribution in [0.15, 0.2) is 24.3 Å². The van der Waals surface area contributed by atoms with Crippen LogP contribution in [0.1, 0.15) is 42.9 Å². The van der Waals surface area contributed by atoms with Gasteiger partial charge in [0.25, 0.3) is 0 Å². The average Bonchev–Trinajstić information content (AvgIpc) is 2.70. The van der Waals surface area contributed by atoms with Crippen molar-refractivity contribution in [2.75, 3.05) is 26.7 Å². The van der Waals surface area contributed by atoms with Gasteiger partial charge in [0.2, 0.25) is 0 Å². The van der Waals surface area contributed by atoms with E-state index in [4.69, 9.17) is 10.5 Å². The lowest BCUT2D eigenvalue weighted by molar-refractivity contribution is 0.184. The fourth-order valence-corrected chi connectivity index (χ4v) is 2.96. The van der Waals surface area contributed by atoms with E-state index < -0.39 is 0 Å². The van der Waals surface area contributed by atoms with Crippen molar-refractivity contribution in [2.24, 2.45) is 5.73 Å². The summed E-state index contributed by atoms with van der Waals surface area (Å²) in [5.41, 5.74) is 8.60. The van der Waals surface area contributed by atoms with Crippen molar-refractivity contribution in [3.63, 3.8) is 0 Å². The molecule has 1 atom stereocenters. The fourth-order valence-electron chi connectivity index (χ4n) is 2.96. The van der Waals surface area contributed by atoms with Crippen molar-refractivity contribution >= 4 is 0 Å². The van der Waals surface area contributed by atoms with Gasteiger partial charge in [0.1, 0.15) is 0 Å². The summed E-state index contributed by atoms with van der Waals surface area (Å²) in [5, 5.41) is 0. The van der Waals surface area contributed by atoms with Crippen molar-refractivity contribution in [3.8, 4) is 0 Å². The lowest BCUT2D eigenvalue weighted by Crippen LogP contribution is -2.34. The maximum Gasteiger partial charge on any atom is 0.0713 e. The molecule has 1 fully saturated rings. The molecule has 1 heterocycles. The molecular formula is C16H26N2O. The standard InChI is InChI=1S/C16H26N2O/c1-19-13-14-7-6-8-15(11-14)16(12-17)18-9-4-2-3-5-10-18/h6-8,11,16H,2-5,9-10,12-13,17H2,1H3. The molecule has 0 aliphatic carbocycles. The topological polar surface area (TPSA) is 38.5 Å². The minimum absolute atomic E-state index is 0.356. The van der Waals surface area contributed by atoms with Crippen LogP contribution in [0.2, 0.25) is 0 Å². The van der Waals surface area contributed by atoms with Gasteiger partial charge in [-0.05, 0) is 37.1 Å². The number of methoxy groups -OCH3 is 1. The molecular weight excluding hydrogens is 236 g/mol. The predicted octanol–water partition coefficient (Wildman–Crippen LogP) is 2.71. The van der Waals surface area contributed by atoms with E-state index in [1.807, 2.05) is 0 Å². The Morgan fingerprint density at radius 1 is 1.21 bits per heavy atom. The van der Waals surface area contributed by atoms with E-state index >= 15 is 0 Å². The minimum atomic E-state index is 0.356. The number of hydrogen-bond acceptors (Lipinski definition) is 3. The Balaban J connectivity index is 2.13. The maximum absolute atomic E-state index is 6.04. The first-order chi connectivity index (χ1) is 9.35. The van der Waals surface area contributed by atoms with Gasteiger partial charge < -0.3 is 10.5 Å². The first-order valence-corrected chi connectivity index (χ1v) is 7.37. The third-order valence-electron chi connectivity index (χ3n) is 3.95. The zero-order valence-corrected chi connectivity index (χ0v) is 12.0. The Bertz CT molecular complexity index is 373. The van der Waals surface area contributed by atoms with Crippen LogP contribution in [0.3, 0.4) is 0 Å². The SMILES string of the molecule is COCc1cccc(C(CN)N2CCCCCC2)c1. The quantitative estimate of drug-likeness (QED) is 0.886. The number of benzene rings is 1. The monoisotopic (exact) mass is 262 g/mol. The van der Waals surface area contributed by atoms with Gasteiger partial charge >= 0.3 is 0 Å². The summed E-state index contributed by atoms with van der Waals surface area (Å²) in [4.78, 5) is 2.55. The summed E-state index contributed by atoms with van der Waals surface area (Å²) in [7, 11) is 1.74. The number of nitrogens with zero attached hydrogens (tertiary/aromatic N) is 1. The highest BCUT2D eigenvalue weighted by Crippen LogP contribution is 2.24. The van der Waals surface area contributed by atoms with E-state index in [1.54, 1.807) is 7.11 Å². The Morgan fingerprint density at radius 2 is 1.95 bits per heavy atom. The fraction of sp³-hybridized carbons (Fsp3) is 0.625. The Hall–Kier alpha value is -0.900. The second kappa shape index (κ2) is 7.63. The van der Waals surface area contributed by atoms with Gasteiger partial charge in [-0.3, -0.25) is 4.90 Å². The number of ether oxygens (including phenoxy) is 1. The molecule has 0 spiro atoms. The lowest BCUT2D eigenvalue weighted by Gasteiger charge is -2.30. The molecule has 0 amide bonds. The Kier molecular flexibility index (Phi) is 5.83. The molecule has 0 bridgehead atoms. The van der Waals surface area contributed by atoms with Gasteiger partial charge in [-0.25, -0.2) is 0 Å². The highest BCUT2D eigenvalue weighted by molar-refractivity contribution is 5.26. The van der Waals surface area contributed by atoms with Crippen LogP contribution in [0.5, 0.6) is 0 Å². The van der Waals surface area contributed by atoms with Crippen LogP contribution in [-0.2, 0) is 11.3 Å². The zero-order valence-electron chi connectivity index (χ0n) is 12.0. The first-order valence-electron chi connectivity index (χ1n) is 7.37. The van der Waals surface area contributed by atoms with E-state index in [9.17, 15) is 0 Å². The van der Waals surface area contributed by atoms with Crippen molar-refractivity contribution in [1.82, 2.24) is 4.90 Å². The van der Waals surface area contributed by atoms with Gasteiger partial charge in [-0.2, -0.15) is 0 Å². The summed E-state index contributed by atoms with van der Waals surface area (Å²) in [6.07, 6.45) is 5.32. The van der Waals surface area contributed by atoms with Crippen molar-refractivity contribution in [2.45, 2.75) is 38.3 Å². The van der Waals surface area contributed by atoms with Gasteiger partial charge in [-0.1, -0.05) is 37.1 Å². The molecule has 3 nitrogen and oxygen atoms in total. The minimum Gasteiger partial charge on any atom is -0.380 e. The average molecular weight is 262 g/mol. The second-order valence-electron chi connectivity index (χ2n) is 5.38. The molecule has 1 aromatic carbocycles. The molecule has 0 saturated carbocycles. The Labute approximate surface area is 116 Å². The van der Waals surface area contributed by atoms with Crippen LogP contribution in [-0.4, -0.2) is 31.6 Å². The van der Waals surface area contributed by atoms with Crippen LogP contribution < -0.4 is 5.73 Å². The summed E-state index contributed by atoms with van der Waals surface area (Å²) < 4.78 is 5.22. The molecule has 1 unspecified atom stereocenters. The van der Waals surface area contributed by atoms with Crippen LogP contribution in [0, 0.1) is 0 Å². The van der Waals surface area contributed by atoms with E-state index in [2.05, 4.69) is 29.2 Å². The molecule has 3 heteroatoms. The number of rotatable bonds is 5. The predicted molar refractivity (Wildman–Crippen MR) is 79.0 cm³/mol. The van der Waals surface area contributed by atoms with Gasteiger partial charge in [0, 0.05) is 19.7 Å². The number of likely N-dealkylation sites (tertiary alicyclic amines) is 1. The molecule has 1 saturated heterocycles. The van der Waals surface area contributed by atoms with Crippen molar-refractivity contribution < 1.29 is 4.74 Å². The van der Waals surface area contributed by atoms with E-state index in [1.165, 1.54) is 49.9 Å². The van der Waals surface area contributed by atoms with E-state index in [-0.39, 0.29) is 0 Å². The zero-order chi connectivity index (χ0) is 13.5. The third-order valence-corrected chi connectivity index (χ3v) is 3.95. The van der Waals surface area contributed by atoms with Crippen LogP contribution in [0.4, 0.5) is 0 Å². The summed E-state index contributed by atoms with van der Waals surface area (Å²) in [5.74, 6) is 0. The molecule has 19 heavy (non-hydrogen) atoms. The second-order valence-corrected chi connectivity index (χ2v) is 5.38.